The molecular weight excluding hydrogens is 439 g/mol. The average molecular weight is 475 g/mol. The first kappa shape index (κ1) is 24.9. The molecule has 4 rings (SSSR count). The molecule has 1 aliphatic rings. The molecule has 0 aromatic heterocycles. The fourth-order valence-electron chi connectivity index (χ4n) is 5.20. The largest absolute Gasteiger partial charge is 0.468 e. The van der Waals surface area contributed by atoms with E-state index < -0.39 is 5.41 Å². The molecule has 4 nitrogen and oxygen atoms in total. The van der Waals surface area contributed by atoms with Gasteiger partial charge in [-0.2, -0.15) is 0 Å². The summed E-state index contributed by atoms with van der Waals surface area (Å²) >= 11 is 0. The van der Waals surface area contributed by atoms with E-state index in [4.69, 9.17) is 4.74 Å². The number of anilines is 1. The number of methoxy groups -OCH3 is 1. The highest BCUT2D eigenvalue weighted by atomic mass is 19.1. The predicted octanol–water partition coefficient (Wildman–Crippen LogP) is 5.92. The molecule has 184 valence electrons. The maximum Gasteiger partial charge on any atom is 0.316 e. The van der Waals surface area contributed by atoms with Crippen molar-refractivity contribution in [3.8, 4) is 11.1 Å². The van der Waals surface area contributed by atoms with Crippen molar-refractivity contribution in [3.63, 3.8) is 0 Å². The minimum Gasteiger partial charge on any atom is -0.468 e. The fraction of sp³-hybridized carbons (Fsp3) is 0.367. The average Bonchev–Trinajstić information content (AvgIpc) is 2.92. The lowest BCUT2D eigenvalue weighted by Crippen LogP contribution is -2.47. The number of nitrogens with zero attached hydrogens (tertiary/aromatic N) is 2. The van der Waals surface area contributed by atoms with Crippen molar-refractivity contribution in [2.75, 3.05) is 44.7 Å². The minimum absolute atomic E-state index is 0.142. The highest BCUT2D eigenvalue weighted by Crippen LogP contribution is 2.34. The van der Waals surface area contributed by atoms with E-state index >= 15 is 0 Å². The predicted molar refractivity (Wildman–Crippen MR) is 140 cm³/mol. The van der Waals surface area contributed by atoms with Crippen LogP contribution in [0.5, 0.6) is 0 Å². The van der Waals surface area contributed by atoms with Crippen molar-refractivity contribution in [2.24, 2.45) is 0 Å². The Morgan fingerprint density at radius 2 is 1.63 bits per heavy atom. The quantitative estimate of drug-likeness (QED) is 0.361. The fourth-order valence-corrected chi connectivity index (χ4v) is 5.20. The van der Waals surface area contributed by atoms with E-state index in [2.05, 4.69) is 41.0 Å². The monoisotopic (exact) mass is 474 g/mol. The molecule has 0 saturated carbocycles. The first-order chi connectivity index (χ1) is 17.1. The SMILES string of the molecule is CCC(CCCN1CCN(c2cccc(-c3ccc(F)cc3)c2)CC1)(C(=O)OC)c1ccccc1. The molecule has 0 radical (unpaired) electrons. The molecule has 0 spiro atoms. The van der Waals surface area contributed by atoms with Gasteiger partial charge in [0, 0.05) is 31.9 Å². The maximum atomic E-state index is 13.3. The summed E-state index contributed by atoms with van der Waals surface area (Å²) in [4.78, 5) is 17.7. The van der Waals surface area contributed by atoms with E-state index in [0.717, 1.165) is 68.7 Å². The van der Waals surface area contributed by atoms with Crippen molar-refractivity contribution < 1.29 is 13.9 Å². The van der Waals surface area contributed by atoms with Crippen LogP contribution < -0.4 is 4.90 Å². The van der Waals surface area contributed by atoms with Crippen LogP contribution in [-0.2, 0) is 14.9 Å². The number of hydrogen-bond acceptors (Lipinski definition) is 4. The zero-order valence-electron chi connectivity index (χ0n) is 20.8. The highest BCUT2D eigenvalue weighted by Gasteiger charge is 2.39. The van der Waals surface area contributed by atoms with Crippen molar-refractivity contribution in [1.29, 1.82) is 0 Å². The smallest absolute Gasteiger partial charge is 0.316 e. The number of carbonyl (C=O) groups is 1. The van der Waals surface area contributed by atoms with Crippen molar-refractivity contribution in [1.82, 2.24) is 4.90 Å². The van der Waals surface area contributed by atoms with E-state index in [0.29, 0.717) is 0 Å². The van der Waals surface area contributed by atoms with Gasteiger partial charge in [-0.25, -0.2) is 4.39 Å². The van der Waals surface area contributed by atoms with Gasteiger partial charge in [0.1, 0.15) is 5.82 Å². The summed E-state index contributed by atoms with van der Waals surface area (Å²) in [7, 11) is 1.49. The molecule has 0 aliphatic carbocycles. The van der Waals surface area contributed by atoms with Crippen LogP contribution in [0.3, 0.4) is 0 Å². The molecule has 1 atom stereocenters. The summed E-state index contributed by atoms with van der Waals surface area (Å²) < 4.78 is 18.5. The Bertz CT molecular complexity index is 1090. The lowest BCUT2D eigenvalue weighted by Gasteiger charge is -2.37. The lowest BCUT2D eigenvalue weighted by molar-refractivity contribution is -0.148. The van der Waals surface area contributed by atoms with E-state index in [1.165, 1.54) is 24.9 Å². The van der Waals surface area contributed by atoms with Crippen LogP contribution in [0.4, 0.5) is 10.1 Å². The van der Waals surface area contributed by atoms with Gasteiger partial charge in [0.15, 0.2) is 0 Å². The third-order valence-electron chi connectivity index (χ3n) is 7.35. The first-order valence-electron chi connectivity index (χ1n) is 12.5. The molecule has 0 bridgehead atoms. The molecule has 1 unspecified atom stereocenters. The van der Waals surface area contributed by atoms with Gasteiger partial charge in [-0.15, -0.1) is 0 Å². The van der Waals surface area contributed by atoms with E-state index in [9.17, 15) is 9.18 Å². The third-order valence-corrected chi connectivity index (χ3v) is 7.35. The van der Waals surface area contributed by atoms with Gasteiger partial charge in [0.05, 0.1) is 12.5 Å². The molecule has 1 fully saturated rings. The van der Waals surface area contributed by atoms with Gasteiger partial charge in [-0.05, 0) is 66.8 Å². The number of benzene rings is 3. The Kier molecular flexibility index (Phi) is 8.19. The Morgan fingerprint density at radius 3 is 2.29 bits per heavy atom. The number of rotatable bonds is 9. The molecular formula is C30H35FN2O2. The van der Waals surface area contributed by atoms with Gasteiger partial charge in [-0.1, -0.05) is 61.5 Å². The topological polar surface area (TPSA) is 32.8 Å². The third kappa shape index (κ3) is 5.73. The minimum atomic E-state index is -0.585. The molecule has 0 amide bonds. The second-order valence-electron chi connectivity index (χ2n) is 9.28. The zero-order valence-corrected chi connectivity index (χ0v) is 20.8. The summed E-state index contributed by atoms with van der Waals surface area (Å²) in [6.07, 6.45) is 2.44. The van der Waals surface area contributed by atoms with Crippen molar-refractivity contribution in [3.05, 3.63) is 90.2 Å². The Balaban J connectivity index is 1.34. The Labute approximate surface area is 208 Å². The van der Waals surface area contributed by atoms with Gasteiger partial charge < -0.3 is 9.64 Å². The molecule has 0 N–H and O–H groups in total. The molecule has 35 heavy (non-hydrogen) atoms. The van der Waals surface area contributed by atoms with E-state index in [-0.39, 0.29) is 11.8 Å². The number of halogens is 1. The summed E-state index contributed by atoms with van der Waals surface area (Å²) in [6, 6.07) is 25.2. The normalized spacial score (nSPS) is 16.0. The Morgan fingerprint density at radius 1 is 0.914 bits per heavy atom. The van der Waals surface area contributed by atoms with Crippen LogP contribution in [0.1, 0.15) is 31.7 Å². The Hall–Kier alpha value is -3.18. The van der Waals surface area contributed by atoms with Crippen LogP contribution in [-0.4, -0.2) is 50.7 Å². The second-order valence-corrected chi connectivity index (χ2v) is 9.28. The molecule has 1 saturated heterocycles. The van der Waals surface area contributed by atoms with Crippen LogP contribution >= 0.6 is 0 Å². The maximum absolute atomic E-state index is 13.3. The van der Waals surface area contributed by atoms with Gasteiger partial charge in [0.25, 0.3) is 0 Å². The first-order valence-corrected chi connectivity index (χ1v) is 12.5. The number of ether oxygens (including phenoxy) is 1. The highest BCUT2D eigenvalue weighted by molar-refractivity contribution is 5.83. The number of piperazine rings is 1. The molecule has 1 heterocycles. The lowest BCUT2D eigenvalue weighted by atomic mass is 9.74. The summed E-state index contributed by atoms with van der Waals surface area (Å²) in [6.45, 7) is 6.94. The number of esters is 1. The summed E-state index contributed by atoms with van der Waals surface area (Å²) in [5, 5.41) is 0. The zero-order chi connectivity index (χ0) is 24.7. The van der Waals surface area contributed by atoms with Crippen molar-refractivity contribution in [2.45, 2.75) is 31.6 Å². The van der Waals surface area contributed by atoms with Crippen molar-refractivity contribution >= 4 is 11.7 Å². The summed E-state index contributed by atoms with van der Waals surface area (Å²) in [5.74, 6) is -0.357. The second kappa shape index (κ2) is 11.5. The molecule has 5 heteroatoms. The number of hydrogen-bond donors (Lipinski definition) is 0. The standard InChI is InChI=1S/C30H35FN2O2/c1-3-30(29(34)35-2,26-10-5-4-6-11-26)17-8-18-32-19-21-33(22-20-32)28-12-7-9-25(23-28)24-13-15-27(31)16-14-24/h4-7,9-16,23H,3,8,17-22H2,1-2H3. The molecule has 3 aromatic rings. The van der Waals surface area contributed by atoms with Crippen LogP contribution in [0.25, 0.3) is 11.1 Å². The number of carbonyl (C=O) groups excluding carboxylic acids is 1. The molecule has 3 aromatic carbocycles. The van der Waals surface area contributed by atoms with E-state index in [1.807, 2.05) is 42.5 Å². The van der Waals surface area contributed by atoms with Gasteiger partial charge in [-0.3, -0.25) is 9.69 Å². The van der Waals surface area contributed by atoms with Gasteiger partial charge in [0.2, 0.25) is 0 Å². The van der Waals surface area contributed by atoms with Crippen LogP contribution in [0, 0.1) is 5.82 Å². The van der Waals surface area contributed by atoms with E-state index in [1.54, 1.807) is 0 Å². The van der Waals surface area contributed by atoms with Gasteiger partial charge >= 0.3 is 5.97 Å². The van der Waals surface area contributed by atoms with Crippen LogP contribution in [0.15, 0.2) is 78.9 Å². The summed E-state index contributed by atoms with van der Waals surface area (Å²) in [5.41, 5.74) is 3.78. The van der Waals surface area contributed by atoms with Crippen LogP contribution in [0.2, 0.25) is 0 Å². The molecule has 1 aliphatic heterocycles.